The molecule has 1 fully saturated rings. The van der Waals surface area contributed by atoms with Gasteiger partial charge in [0.05, 0.1) is 5.56 Å². The third-order valence-electron chi connectivity index (χ3n) is 5.36. The van der Waals surface area contributed by atoms with Gasteiger partial charge in [0.2, 0.25) is 0 Å². The van der Waals surface area contributed by atoms with Crippen molar-refractivity contribution in [1.82, 2.24) is 10.2 Å². The number of alkyl halides is 3. The van der Waals surface area contributed by atoms with Gasteiger partial charge in [-0.25, -0.2) is 0 Å². The Kier molecular flexibility index (Phi) is 6.62. The van der Waals surface area contributed by atoms with Gasteiger partial charge in [-0.1, -0.05) is 24.3 Å². The maximum absolute atomic E-state index is 13.6. The zero-order chi connectivity index (χ0) is 20.1. The van der Waals surface area contributed by atoms with E-state index in [0.717, 1.165) is 61.4 Å². The Morgan fingerprint density at radius 1 is 1.00 bits per heavy atom. The summed E-state index contributed by atoms with van der Waals surface area (Å²) in [5.41, 5.74) is 9.45. The summed E-state index contributed by atoms with van der Waals surface area (Å²) in [5, 5.41) is 3.23. The largest absolute Gasteiger partial charge is 0.416 e. The average Bonchev–Trinajstić information content (AvgIpc) is 2.66. The summed E-state index contributed by atoms with van der Waals surface area (Å²) < 4.78 is 40.8. The van der Waals surface area contributed by atoms with Crippen molar-refractivity contribution >= 4 is 5.69 Å². The maximum Gasteiger partial charge on any atom is 0.416 e. The Labute approximate surface area is 164 Å². The number of nitrogens with one attached hydrogen (secondary N) is 1. The molecule has 152 valence electrons. The minimum atomic E-state index is -4.33. The summed E-state index contributed by atoms with van der Waals surface area (Å²) in [6.07, 6.45) is -2.12. The Balaban J connectivity index is 1.66. The molecular weight excluding hydrogens is 363 g/mol. The third kappa shape index (κ3) is 5.49. The fourth-order valence-corrected chi connectivity index (χ4v) is 3.63. The van der Waals surface area contributed by atoms with Crippen molar-refractivity contribution in [3.8, 4) is 0 Å². The quantitative estimate of drug-likeness (QED) is 0.726. The van der Waals surface area contributed by atoms with Gasteiger partial charge in [-0.3, -0.25) is 4.90 Å². The lowest BCUT2D eigenvalue weighted by Gasteiger charge is -2.28. The van der Waals surface area contributed by atoms with Gasteiger partial charge >= 0.3 is 6.18 Å². The molecule has 1 heterocycles. The smallest absolute Gasteiger partial charge is 0.399 e. The highest BCUT2D eigenvalue weighted by atomic mass is 19.4. The van der Waals surface area contributed by atoms with Gasteiger partial charge in [0, 0.05) is 38.4 Å². The molecule has 2 aromatic rings. The van der Waals surface area contributed by atoms with Crippen molar-refractivity contribution in [3.63, 3.8) is 0 Å². The summed E-state index contributed by atoms with van der Waals surface area (Å²) in [6, 6.07) is 10.8. The summed E-state index contributed by atoms with van der Waals surface area (Å²) in [4.78, 5) is 2.07. The van der Waals surface area contributed by atoms with E-state index >= 15 is 0 Å². The lowest BCUT2D eigenvalue weighted by atomic mass is 9.98. The fourth-order valence-electron chi connectivity index (χ4n) is 3.63. The number of hydrogen-bond donors (Lipinski definition) is 2. The van der Waals surface area contributed by atoms with Crippen molar-refractivity contribution in [2.24, 2.45) is 0 Å². The molecule has 0 bridgehead atoms. The molecule has 6 heteroatoms. The van der Waals surface area contributed by atoms with Crippen LogP contribution in [0.4, 0.5) is 18.9 Å². The minimum Gasteiger partial charge on any atom is -0.399 e. The molecule has 0 saturated carbocycles. The molecular formula is C22H28F3N3. The first-order valence-corrected chi connectivity index (χ1v) is 9.80. The molecule has 0 radical (unpaired) electrons. The molecule has 0 atom stereocenters. The van der Waals surface area contributed by atoms with E-state index in [4.69, 9.17) is 5.73 Å². The number of nitrogen functional groups attached to an aromatic ring is 1. The number of rotatable bonds is 6. The molecule has 28 heavy (non-hydrogen) atoms. The van der Waals surface area contributed by atoms with Crippen molar-refractivity contribution < 1.29 is 13.2 Å². The zero-order valence-electron chi connectivity index (χ0n) is 16.3. The monoisotopic (exact) mass is 391 g/mol. The highest BCUT2D eigenvalue weighted by Gasteiger charge is 2.34. The number of aryl methyl sites for hydroxylation is 3. The van der Waals surface area contributed by atoms with Crippen LogP contribution in [-0.2, 0) is 25.6 Å². The van der Waals surface area contributed by atoms with Gasteiger partial charge in [0.15, 0.2) is 0 Å². The number of nitrogens with zero attached hydrogens (tertiary/aromatic N) is 1. The maximum atomic E-state index is 13.6. The van der Waals surface area contributed by atoms with Gasteiger partial charge in [0.25, 0.3) is 0 Å². The number of piperazine rings is 1. The number of hydrogen-bond acceptors (Lipinski definition) is 3. The van der Waals surface area contributed by atoms with E-state index in [-0.39, 0.29) is 0 Å². The van der Waals surface area contributed by atoms with Gasteiger partial charge in [0.1, 0.15) is 0 Å². The van der Waals surface area contributed by atoms with Gasteiger partial charge in [-0.2, -0.15) is 13.2 Å². The molecule has 0 unspecified atom stereocenters. The van der Waals surface area contributed by atoms with E-state index in [1.54, 1.807) is 6.07 Å². The van der Waals surface area contributed by atoms with Crippen molar-refractivity contribution in [2.75, 3.05) is 31.9 Å². The molecule has 2 aromatic carbocycles. The van der Waals surface area contributed by atoms with Gasteiger partial charge in [-0.05, 0) is 60.6 Å². The van der Waals surface area contributed by atoms with Crippen LogP contribution in [0.3, 0.4) is 0 Å². The molecule has 0 spiro atoms. The third-order valence-corrected chi connectivity index (χ3v) is 5.36. The summed E-state index contributed by atoms with van der Waals surface area (Å²) >= 11 is 0. The van der Waals surface area contributed by atoms with Crippen LogP contribution < -0.4 is 11.1 Å². The van der Waals surface area contributed by atoms with Crippen molar-refractivity contribution in [3.05, 3.63) is 64.2 Å². The Morgan fingerprint density at radius 2 is 1.64 bits per heavy atom. The first-order chi connectivity index (χ1) is 13.3. The number of nitrogens with two attached hydrogens (primary N) is 1. The van der Waals surface area contributed by atoms with E-state index in [0.29, 0.717) is 18.5 Å². The first-order valence-electron chi connectivity index (χ1n) is 9.80. The topological polar surface area (TPSA) is 41.3 Å². The van der Waals surface area contributed by atoms with Crippen LogP contribution in [0.5, 0.6) is 0 Å². The number of halogens is 3. The number of benzene rings is 2. The molecule has 3 rings (SSSR count). The van der Waals surface area contributed by atoms with Crippen LogP contribution in [0.15, 0.2) is 36.4 Å². The Hall–Kier alpha value is -2.05. The highest BCUT2D eigenvalue weighted by Crippen LogP contribution is 2.33. The standard InChI is InChI=1S/C22H28F3N3/c1-16-5-6-18(14-21(16)26)4-2-3-17-7-8-19(20(13-17)22(23,24)25)15-28-11-9-27-10-12-28/h5-8,13-14,27H,2-4,9-12,15,26H2,1H3. The molecule has 1 aliphatic rings. The Bertz CT molecular complexity index is 796. The highest BCUT2D eigenvalue weighted by molar-refractivity contribution is 5.48. The number of anilines is 1. The van der Waals surface area contributed by atoms with Crippen LogP contribution in [0.2, 0.25) is 0 Å². The summed E-state index contributed by atoms with van der Waals surface area (Å²) in [6.45, 7) is 5.50. The lowest BCUT2D eigenvalue weighted by molar-refractivity contribution is -0.138. The summed E-state index contributed by atoms with van der Waals surface area (Å²) in [7, 11) is 0. The van der Waals surface area contributed by atoms with Crippen LogP contribution in [0.25, 0.3) is 0 Å². The van der Waals surface area contributed by atoms with E-state index < -0.39 is 11.7 Å². The van der Waals surface area contributed by atoms with Gasteiger partial charge < -0.3 is 11.1 Å². The molecule has 3 N–H and O–H groups in total. The SMILES string of the molecule is Cc1ccc(CCCc2ccc(CN3CCNCC3)c(C(F)(F)F)c2)cc1N. The van der Waals surface area contributed by atoms with Gasteiger partial charge in [-0.15, -0.1) is 0 Å². The van der Waals surface area contributed by atoms with E-state index in [2.05, 4.69) is 10.2 Å². The van der Waals surface area contributed by atoms with Crippen molar-refractivity contribution in [1.29, 1.82) is 0 Å². The van der Waals surface area contributed by atoms with Crippen LogP contribution in [0, 0.1) is 6.92 Å². The van der Waals surface area contributed by atoms with E-state index in [9.17, 15) is 13.2 Å². The zero-order valence-corrected chi connectivity index (χ0v) is 16.3. The summed E-state index contributed by atoms with van der Waals surface area (Å²) in [5.74, 6) is 0. The molecule has 0 aromatic heterocycles. The predicted molar refractivity (Wildman–Crippen MR) is 107 cm³/mol. The normalized spacial score (nSPS) is 15.7. The van der Waals surface area contributed by atoms with Crippen LogP contribution >= 0.6 is 0 Å². The lowest BCUT2D eigenvalue weighted by Crippen LogP contribution is -2.43. The van der Waals surface area contributed by atoms with Crippen LogP contribution in [0.1, 0.15) is 34.2 Å². The second kappa shape index (κ2) is 8.97. The predicted octanol–water partition coefficient (Wildman–Crippen LogP) is 4.18. The second-order valence-electron chi connectivity index (χ2n) is 7.56. The molecule has 1 aliphatic heterocycles. The minimum absolute atomic E-state index is 0.347. The molecule has 1 saturated heterocycles. The molecule has 3 nitrogen and oxygen atoms in total. The van der Waals surface area contributed by atoms with Crippen molar-refractivity contribution in [2.45, 2.75) is 38.9 Å². The second-order valence-corrected chi connectivity index (χ2v) is 7.56. The van der Waals surface area contributed by atoms with E-state index in [1.807, 2.05) is 31.2 Å². The average molecular weight is 391 g/mol. The first kappa shape index (κ1) is 20.7. The molecule has 0 amide bonds. The Morgan fingerprint density at radius 3 is 2.29 bits per heavy atom. The fraction of sp³-hybridized carbons (Fsp3) is 0.455. The van der Waals surface area contributed by atoms with Crippen LogP contribution in [-0.4, -0.2) is 31.1 Å². The van der Waals surface area contributed by atoms with E-state index in [1.165, 1.54) is 6.07 Å². The molecule has 0 aliphatic carbocycles.